The molecule has 2 atom stereocenters. The van der Waals surface area contributed by atoms with Crippen LogP contribution in [-0.4, -0.2) is 52.5 Å². The lowest BCUT2D eigenvalue weighted by Gasteiger charge is -2.38. The second kappa shape index (κ2) is 4.59. The molecule has 2 aliphatic rings. The average molecular weight is 274 g/mol. The topological polar surface area (TPSA) is 79.0 Å². The molecule has 1 saturated carbocycles. The molecule has 106 valence electrons. The molecule has 7 nitrogen and oxygen atoms in total. The summed E-state index contributed by atoms with van der Waals surface area (Å²) in [6, 6.07) is 0.432. The first-order valence-corrected chi connectivity index (χ1v) is 7.14. The fourth-order valence-corrected chi connectivity index (χ4v) is 3.34. The third-order valence-electron chi connectivity index (χ3n) is 4.27. The highest BCUT2D eigenvalue weighted by Gasteiger charge is 2.37. The zero-order chi connectivity index (χ0) is 13.5. The number of fused-ring (bicyclic) bond motifs is 2. The molecule has 1 saturated heterocycles. The Morgan fingerprint density at radius 1 is 1.40 bits per heavy atom. The fraction of sp³-hybridized carbons (Fsp3) is 0.615. The van der Waals surface area contributed by atoms with Crippen LogP contribution in [0.25, 0.3) is 11.0 Å². The van der Waals surface area contributed by atoms with E-state index in [0.717, 1.165) is 36.4 Å². The Kier molecular flexibility index (Phi) is 2.73. The van der Waals surface area contributed by atoms with Crippen LogP contribution in [0.2, 0.25) is 0 Å². The van der Waals surface area contributed by atoms with Gasteiger partial charge in [-0.1, -0.05) is 0 Å². The van der Waals surface area contributed by atoms with Gasteiger partial charge in [-0.3, -0.25) is 5.10 Å². The number of aromatic nitrogens is 4. The quantitative estimate of drug-likeness (QED) is 0.855. The molecule has 2 N–H and O–H groups in total. The van der Waals surface area contributed by atoms with Crippen molar-refractivity contribution < 1.29 is 4.74 Å². The lowest BCUT2D eigenvalue weighted by Crippen LogP contribution is -2.49. The first kappa shape index (κ1) is 11.9. The highest BCUT2D eigenvalue weighted by molar-refractivity contribution is 5.87. The summed E-state index contributed by atoms with van der Waals surface area (Å²) < 4.78 is 5.88. The van der Waals surface area contributed by atoms with Gasteiger partial charge in [0.2, 0.25) is 5.95 Å². The Morgan fingerprint density at radius 3 is 3.25 bits per heavy atom. The van der Waals surface area contributed by atoms with Gasteiger partial charge < -0.3 is 15.0 Å². The minimum absolute atomic E-state index is 0.346. The Labute approximate surface area is 116 Å². The summed E-state index contributed by atoms with van der Waals surface area (Å²) in [6.45, 7) is 1.64. The molecule has 4 rings (SSSR count). The Morgan fingerprint density at radius 2 is 2.35 bits per heavy atom. The zero-order valence-corrected chi connectivity index (χ0v) is 11.5. The molecule has 20 heavy (non-hydrogen) atoms. The van der Waals surface area contributed by atoms with Crippen molar-refractivity contribution in [2.75, 3.05) is 30.4 Å². The van der Waals surface area contributed by atoms with Crippen molar-refractivity contribution >= 4 is 22.8 Å². The van der Waals surface area contributed by atoms with E-state index in [-0.39, 0.29) is 0 Å². The highest BCUT2D eigenvalue weighted by Crippen LogP contribution is 2.35. The second-order valence-corrected chi connectivity index (χ2v) is 5.35. The van der Waals surface area contributed by atoms with E-state index in [1.54, 1.807) is 0 Å². The Bertz CT molecular complexity index is 626. The number of rotatable bonds is 2. The van der Waals surface area contributed by atoms with Crippen LogP contribution < -0.4 is 10.2 Å². The van der Waals surface area contributed by atoms with Crippen LogP contribution in [0.3, 0.4) is 0 Å². The largest absolute Gasteiger partial charge is 0.374 e. The monoisotopic (exact) mass is 274 g/mol. The van der Waals surface area contributed by atoms with Crippen LogP contribution in [0.5, 0.6) is 0 Å². The molecule has 2 unspecified atom stereocenters. The number of ether oxygens (including phenoxy) is 1. The number of H-pyrrole nitrogens is 1. The SMILES string of the molecule is CNc1nc(N2CCOC3CCCC32)c2cn[nH]c2n1. The smallest absolute Gasteiger partial charge is 0.226 e. The first-order valence-electron chi connectivity index (χ1n) is 7.14. The highest BCUT2D eigenvalue weighted by atomic mass is 16.5. The maximum Gasteiger partial charge on any atom is 0.226 e. The third kappa shape index (κ3) is 1.73. The number of nitrogens with one attached hydrogen (secondary N) is 2. The molecule has 1 aliphatic carbocycles. The molecular weight excluding hydrogens is 256 g/mol. The third-order valence-corrected chi connectivity index (χ3v) is 4.27. The predicted molar refractivity (Wildman–Crippen MR) is 76.0 cm³/mol. The number of morpholine rings is 1. The van der Waals surface area contributed by atoms with Gasteiger partial charge in [0.25, 0.3) is 0 Å². The maximum atomic E-state index is 5.88. The summed E-state index contributed by atoms with van der Waals surface area (Å²) in [5.41, 5.74) is 0.778. The summed E-state index contributed by atoms with van der Waals surface area (Å²) in [4.78, 5) is 11.4. The van der Waals surface area contributed by atoms with E-state index in [4.69, 9.17) is 4.74 Å². The summed E-state index contributed by atoms with van der Waals surface area (Å²) in [5.74, 6) is 1.59. The Balaban J connectivity index is 1.81. The molecule has 7 heteroatoms. The molecule has 0 aromatic carbocycles. The van der Waals surface area contributed by atoms with Crippen LogP contribution in [0.15, 0.2) is 6.20 Å². The van der Waals surface area contributed by atoms with Gasteiger partial charge in [0.15, 0.2) is 5.65 Å². The van der Waals surface area contributed by atoms with Gasteiger partial charge in [-0.05, 0) is 19.3 Å². The number of anilines is 2. The molecule has 2 fully saturated rings. The van der Waals surface area contributed by atoms with E-state index in [9.17, 15) is 0 Å². The van der Waals surface area contributed by atoms with Gasteiger partial charge in [-0.25, -0.2) is 0 Å². The number of nitrogens with zero attached hydrogens (tertiary/aromatic N) is 4. The van der Waals surface area contributed by atoms with Crippen molar-refractivity contribution in [3.05, 3.63) is 6.20 Å². The lowest BCUT2D eigenvalue weighted by atomic mass is 10.1. The van der Waals surface area contributed by atoms with Gasteiger partial charge in [-0.2, -0.15) is 15.1 Å². The molecule has 0 spiro atoms. The minimum Gasteiger partial charge on any atom is -0.374 e. The van der Waals surface area contributed by atoms with Crippen LogP contribution in [-0.2, 0) is 4.74 Å². The van der Waals surface area contributed by atoms with E-state index in [0.29, 0.717) is 18.1 Å². The van der Waals surface area contributed by atoms with Crippen molar-refractivity contribution in [2.24, 2.45) is 0 Å². The standard InChI is InChI=1S/C13H18N6O/c1-14-13-16-11-8(7-15-18-11)12(17-13)19-5-6-20-10-4-2-3-9(10)19/h7,9-10H,2-6H2,1H3,(H2,14,15,16,17,18). The molecule has 3 heterocycles. The van der Waals surface area contributed by atoms with Crippen molar-refractivity contribution in [2.45, 2.75) is 31.4 Å². The molecule has 2 aromatic rings. The van der Waals surface area contributed by atoms with Crippen LogP contribution in [0.4, 0.5) is 11.8 Å². The second-order valence-electron chi connectivity index (χ2n) is 5.35. The normalized spacial score (nSPS) is 25.9. The molecule has 0 radical (unpaired) electrons. The van der Waals surface area contributed by atoms with E-state index >= 15 is 0 Å². The lowest BCUT2D eigenvalue weighted by molar-refractivity contribution is 0.0254. The first-order chi connectivity index (χ1) is 9.86. The van der Waals surface area contributed by atoms with Crippen molar-refractivity contribution in [1.82, 2.24) is 20.2 Å². The van der Waals surface area contributed by atoms with E-state index in [1.165, 1.54) is 12.8 Å². The molecule has 2 aromatic heterocycles. The van der Waals surface area contributed by atoms with Crippen LogP contribution >= 0.6 is 0 Å². The van der Waals surface area contributed by atoms with Gasteiger partial charge >= 0.3 is 0 Å². The fourth-order valence-electron chi connectivity index (χ4n) is 3.34. The van der Waals surface area contributed by atoms with Gasteiger partial charge in [-0.15, -0.1) is 0 Å². The summed E-state index contributed by atoms with van der Waals surface area (Å²) in [7, 11) is 1.83. The average Bonchev–Trinajstić information content (AvgIpc) is 3.14. The molecule has 1 aliphatic heterocycles. The van der Waals surface area contributed by atoms with E-state index in [1.807, 2.05) is 13.2 Å². The predicted octanol–water partition coefficient (Wildman–Crippen LogP) is 1.15. The van der Waals surface area contributed by atoms with E-state index < -0.39 is 0 Å². The van der Waals surface area contributed by atoms with Gasteiger partial charge in [0.05, 0.1) is 30.3 Å². The molecule has 0 bridgehead atoms. The van der Waals surface area contributed by atoms with Gasteiger partial charge in [0, 0.05) is 13.6 Å². The molecular formula is C13H18N6O. The Hall–Kier alpha value is -1.89. The zero-order valence-electron chi connectivity index (χ0n) is 11.5. The number of hydrogen-bond acceptors (Lipinski definition) is 6. The minimum atomic E-state index is 0.346. The van der Waals surface area contributed by atoms with Crippen LogP contribution in [0.1, 0.15) is 19.3 Å². The van der Waals surface area contributed by atoms with Crippen molar-refractivity contribution in [1.29, 1.82) is 0 Å². The maximum absolute atomic E-state index is 5.88. The summed E-state index contributed by atoms with van der Waals surface area (Å²) >= 11 is 0. The molecule has 0 amide bonds. The van der Waals surface area contributed by atoms with E-state index in [2.05, 4.69) is 30.4 Å². The van der Waals surface area contributed by atoms with Crippen molar-refractivity contribution in [3.8, 4) is 0 Å². The summed E-state index contributed by atoms with van der Waals surface area (Å²) in [5, 5.41) is 11.0. The van der Waals surface area contributed by atoms with Crippen molar-refractivity contribution in [3.63, 3.8) is 0 Å². The van der Waals surface area contributed by atoms with Gasteiger partial charge in [0.1, 0.15) is 5.82 Å². The number of hydrogen-bond donors (Lipinski definition) is 2. The number of aromatic amines is 1. The van der Waals surface area contributed by atoms with Crippen LogP contribution in [0, 0.1) is 0 Å². The summed E-state index contributed by atoms with van der Waals surface area (Å²) in [6.07, 6.45) is 5.70.